The lowest BCUT2D eigenvalue weighted by atomic mass is 9.93. The summed E-state index contributed by atoms with van der Waals surface area (Å²) in [6, 6.07) is 80.2. The maximum absolute atomic E-state index is 14.9. The zero-order valence-corrected chi connectivity index (χ0v) is 31.7. The third-order valence-electron chi connectivity index (χ3n) is 10.9. The van der Waals surface area contributed by atoms with E-state index >= 15 is 0 Å². The Morgan fingerprint density at radius 3 is 0.793 bits per heavy atom. The van der Waals surface area contributed by atoms with E-state index in [0.29, 0.717) is 0 Å². The number of rotatable bonds is 8. The molecule has 0 aliphatic carbocycles. The van der Waals surface area contributed by atoms with Gasteiger partial charge in [-0.3, -0.25) is 9.13 Å². The van der Waals surface area contributed by atoms with Crippen molar-refractivity contribution in [3.05, 3.63) is 241 Å². The van der Waals surface area contributed by atoms with Crippen LogP contribution in [0.5, 0.6) is 0 Å². The van der Waals surface area contributed by atoms with Crippen LogP contribution in [0.3, 0.4) is 0 Å². The molecule has 3 nitrogen and oxygen atoms in total. The van der Waals surface area contributed by atoms with E-state index in [1.807, 2.05) is 81.9 Å². The molecule has 3 heteroatoms. The Labute approximate surface area is 338 Å². The topological polar surface area (TPSA) is 26.9 Å². The van der Waals surface area contributed by atoms with Crippen molar-refractivity contribution in [2.45, 2.75) is 0 Å². The number of fused-ring (bicyclic) bond motifs is 1. The summed E-state index contributed by atoms with van der Waals surface area (Å²) in [6.07, 6.45) is 0. The van der Waals surface area contributed by atoms with Gasteiger partial charge in [-0.2, -0.15) is 0 Å². The van der Waals surface area contributed by atoms with Crippen LogP contribution in [0.25, 0.3) is 89.2 Å². The first-order valence-electron chi connectivity index (χ1n) is 19.6. The van der Waals surface area contributed by atoms with Crippen LogP contribution in [0.2, 0.25) is 0 Å². The first kappa shape index (κ1) is 34.7. The lowest BCUT2D eigenvalue weighted by Gasteiger charge is -2.13. The largest absolute Gasteiger partial charge is 0.338 e. The van der Waals surface area contributed by atoms with E-state index < -0.39 is 0 Å². The second-order valence-corrected chi connectivity index (χ2v) is 14.6. The highest BCUT2D eigenvalue weighted by Crippen LogP contribution is 2.36. The molecule has 0 saturated heterocycles. The number of imidazole rings is 1. The molecule has 0 amide bonds. The Hall–Kier alpha value is -7.75. The molecule has 274 valence electrons. The number of para-hydroxylation sites is 2. The number of hydrogen-bond donors (Lipinski definition) is 0. The Bertz CT molecular complexity index is 2780. The summed E-state index contributed by atoms with van der Waals surface area (Å²) >= 11 is 0. The monoisotopic (exact) mass is 742 g/mol. The fourth-order valence-corrected chi connectivity index (χ4v) is 8.07. The van der Waals surface area contributed by atoms with Crippen LogP contribution in [0.15, 0.2) is 235 Å². The van der Waals surface area contributed by atoms with E-state index in [1.54, 1.807) is 0 Å². The summed E-state index contributed by atoms with van der Waals surface area (Å²) < 4.78 is 3.68. The average Bonchev–Trinajstić information content (AvgIpc) is 3.61. The molecule has 10 rings (SSSR count). The van der Waals surface area contributed by atoms with Crippen LogP contribution in [-0.4, -0.2) is 9.13 Å². The Kier molecular flexibility index (Phi) is 9.02. The van der Waals surface area contributed by atoms with Gasteiger partial charge in [0.1, 0.15) is 0 Å². The van der Waals surface area contributed by atoms with Gasteiger partial charge in [0.05, 0.1) is 22.4 Å². The molecule has 0 unspecified atom stereocenters. The highest BCUT2D eigenvalue weighted by molar-refractivity contribution is 5.85. The third kappa shape index (κ3) is 6.65. The quantitative estimate of drug-likeness (QED) is 0.152. The van der Waals surface area contributed by atoms with Gasteiger partial charge in [-0.1, -0.05) is 158 Å². The predicted molar refractivity (Wildman–Crippen MR) is 241 cm³/mol. The van der Waals surface area contributed by atoms with E-state index in [9.17, 15) is 4.79 Å². The summed E-state index contributed by atoms with van der Waals surface area (Å²) in [6.45, 7) is 0. The van der Waals surface area contributed by atoms with Gasteiger partial charge in [0.25, 0.3) is 0 Å². The number of nitrogens with zero attached hydrogens (tertiary/aromatic N) is 2. The maximum atomic E-state index is 14.9. The van der Waals surface area contributed by atoms with Crippen LogP contribution >= 0.6 is 0 Å². The van der Waals surface area contributed by atoms with E-state index in [2.05, 4.69) is 158 Å². The lowest BCUT2D eigenvalue weighted by Crippen LogP contribution is -2.22. The van der Waals surface area contributed by atoms with Crippen molar-refractivity contribution in [3.8, 4) is 78.1 Å². The van der Waals surface area contributed by atoms with Gasteiger partial charge in [0, 0.05) is 0 Å². The maximum Gasteiger partial charge on any atom is 0.338 e. The van der Waals surface area contributed by atoms with Crippen molar-refractivity contribution >= 4 is 11.0 Å². The molecular formula is C55H38N2O. The molecule has 1 aromatic heterocycles. The summed E-state index contributed by atoms with van der Waals surface area (Å²) in [5.74, 6) is 0. The van der Waals surface area contributed by atoms with E-state index in [0.717, 1.165) is 89.2 Å². The summed E-state index contributed by atoms with van der Waals surface area (Å²) in [4.78, 5) is 14.9. The summed E-state index contributed by atoms with van der Waals surface area (Å²) in [5.41, 5.74) is 16.6. The molecule has 0 aliphatic rings. The number of hydrogen-bond acceptors (Lipinski definition) is 1. The van der Waals surface area contributed by atoms with E-state index in [1.165, 1.54) is 0 Å². The molecule has 0 radical (unpaired) electrons. The second kappa shape index (κ2) is 15.1. The van der Waals surface area contributed by atoms with Gasteiger partial charge < -0.3 is 0 Å². The zero-order chi connectivity index (χ0) is 38.8. The third-order valence-corrected chi connectivity index (χ3v) is 10.9. The van der Waals surface area contributed by atoms with Crippen molar-refractivity contribution in [2.75, 3.05) is 0 Å². The van der Waals surface area contributed by atoms with Crippen molar-refractivity contribution in [1.29, 1.82) is 0 Å². The highest BCUT2D eigenvalue weighted by atomic mass is 16.1. The fourth-order valence-electron chi connectivity index (χ4n) is 8.07. The molecule has 9 aromatic carbocycles. The van der Waals surface area contributed by atoms with Crippen molar-refractivity contribution in [1.82, 2.24) is 9.13 Å². The zero-order valence-electron chi connectivity index (χ0n) is 31.7. The SMILES string of the molecule is O=c1n(-c2cccc(-c3cc(-c4ccccc4)cc(-c4ccccc4)c3)c2)c2ccccc2n1-c1cccc(-c2cc(-c3ccccc3)cc(-c3ccccc3)c2)c1. The standard InChI is InChI=1S/C55H38N2O/c58-55-56(51-27-15-25-43(37-51)49-33-45(39-17-5-1-6-18-39)31-46(34-49)40-19-7-2-8-20-40)53-29-13-14-30-54(53)57(55)52-28-16-26-44(38-52)50-35-47(41-21-9-3-10-22-41)32-48(36-50)42-23-11-4-12-24-42/h1-38H. The number of aromatic nitrogens is 2. The van der Waals surface area contributed by atoms with Crippen LogP contribution < -0.4 is 5.69 Å². The van der Waals surface area contributed by atoms with Crippen molar-refractivity contribution in [2.24, 2.45) is 0 Å². The molecule has 0 aliphatic heterocycles. The highest BCUT2D eigenvalue weighted by Gasteiger charge is 2.18. The van der Waals surface area contributed by atoms with Crippen LogP contribution in [0.1, 0.15) is 0 Å². The Morgan fingerprint density at radius 1 is 0.224 bits per heavy atom. The van der Waals surface area contributed by atoms with Crippen LogP contribution in [-0.2, 0) is 0 Å². The molecule has 0 atom stereocenters. The van der Waals surface area contributed by atoms with Gasteiger partial charge in [-0.25, -0.2) is 4.79 Å². The van der Waals surface area contributed by atoms with Crippen LogP contribution in [0, 0.1) is 0 Å². The first-order valence-corrected chi connectivity index (χ1v) is 19.6. The normalized spacial score (nSPS) is 11.2. The molecule has 10 aromatic rings. The van der Waals surface area contributed by atoms with Crippen molar-refractivity contribution in [3.63, 3.8) is 0 Å². The summed E-state index contributed by atoms with van der Waals surface area (Å²) in [7, 11) is 0. The lowest BCUT2D eigenvalue weighted by molar-refractivity contribution is 0.931. The van der Waals surface area contributed by atoms with Gasteiger partial charge in [-0.15, -0.1) is 0 Å². The predicted octanol–water partition coefficient (Wildman–Crippen LogP) is 13.8. The Morgan fingerprint density at radius 2 is 0.483 bits per heavy atom. The molecule has 0 fully saturated rings. The van der Waals surface area contributed by atoms with Gasteiger partial charge in [0.2, 0.25) is 0 Å². The van der Waals surface area contributed by atoms with E-state index in [4.69, 9.17) is 0 Å². The fraction of sp³-hybridized carbons (Fsp3) is 0. The molecule has 0 N–H and O–H groups in total. The molecular weight excluding hydrogens is 705 g/mol. The molecule has 0 saturated carbocycles. The van der Waals surface area contributed by atoms with Gasteiger partial charge in [0.15, 0.2) is 0 Å². The Balaban J connectivity index is 1.09. The molecule has 0 spiro atoms. The number of benzene rings is 9. The average molecular weight is 743 g/mol. The first-order chi connectivity index (χ1) is 28.7. The van der Waals surface area contributed by atoms with E-state index in [-0.39, 0.29) is 5.69 Å². The van der Waals surface area contributed by atoms with Gasteiger partial charge in [-0.05, 0) is 140 Å². The smallest absolute Gasteiger partial charge is 0.260 e. The van der Waals surface area contributed by atoms with Crippen molar-refractivity contribution < 1.29 is 0 Å². The minimum absolute atomic E-state index is 0.124. The minimum Gasteiger partial charge on any atom is -0.260 e. The molecule has 1 heterocycles. The summed E-state index contributed by atoms with van der Waals surface area (Å²) in [5, 5.41) is 0. The minimum atomic E-state index is -0.124. The van der Waals surface area contributed by atoms with Gasteiger partial charge >= 0.3 is 5.69 Å². The molecule has 0 bridgehead atoms. The second-order valence-electron chi connectivity index (χ2n) is 14.6. The molecule has 58 heavy (non-hydrogen) atoms. The van der Waals surface area contributed by atoms with Crippen LogP contribution in [0.4, 0.5) is 0 Å².